The van der Waals surface area contributed by atoms with Crippen LogP contribution in [-0.4, -0.2) is 46.0 Å². The van der Waals surface area contributed by atoms with Crippen molar-refractivity contribution in [1.29, 1.82) is 0 Å². The minimum atomic E-state index is -0.145. The third kappa shape index (κ3) is 3.30. The summed E-state index contributed by atoms with van der Waals surface area (Å²) in [6.45, 7) is 3.20. The summed E-state index contributed by atoms with van der Waals surface area (Å²) in [4.78, 5) is 31.9. The quantitative estimate of drug-likeness (QED) is 0.889. The molecule has 23 heavy (non-hydrogen) atoms. The maximum atomic E-state index is 12.3. The van der Waals surface area contributed by atoms with Crippen LogP contribution in [0.3, 0.4) is 0 Å². The Hall–Kier alpha value is -1.73. The van der Waals surface area contributed by atoms with E-state index in [2.05, 4.69) is 15.2 Å². The predicted molar refractivity (Wildman–Crippen MR) is 89.6 cm³/mol. The molecule has 0 radical (unpaired) electrons. The molecule has 1 unspecified atom stereocenters. The molecule has 0 spiro atoms. The summed E-state index contributed by atoms with van der Waals surface area (Å²) in [6, 6.07) is 1.96. The molecular formula is C16H20N4O2S. The molecule has 3 heterocycles. The van der Waals surface area contributed by atoms with Crippen molar-refractivity contribution in [3.63, 3.8) is 0 Å². The summed E-state index contributed by atoms with van der Waals surface area (Å²) in [5.41, 5.74) is -0.145. The van der Waals surface area contributed by atoms with Gasteiger partial charge in [-0.2, -0.15) is 0 Å². The molecule has 0 bridgehead atoms. The van der Waals surface area contributed by atoms with Crippen LogP contribution in [0.2, 0.25) is 0 Å². The summed E-state index contributed by atoms with van der Waals surface area (Å²) in [6.07, 6.45) is 5.17. The van der Waals surface area contributed by atoms with Gasteiger partial charge < -0.3 is 10.2 Å². The Kier molecular flexibility index (Phi) is 3.90. The molecule has 1 atom stereocenters. The first-order valence-electron chi connectivity index (χ1n) is 8.13. The molecule has 2 aromatic rings. The van der Waals surface area contributed by atoms with Gasteiger partial charge in [0.15, 0.2) is 0 Å². The van der Waals surface area contributed by atoms with Crippen molar-refractivity contribution < 1.29 is 4.79 Å². The van der Waals surface area contributed by atoms with Crippen LogP contribution >= 0.6 is 11.3 Å². The van der Waals surface area contributed by atoms with Crippen molar-refractivity contribution in [2.75, 3.05) is 19.6 Å². The average molecular weight is 332 g/mol. The monoisotopic (exact) mass is 332 g/mol. The zero-order valence-corrected chi connectivity index (χ0v) is 13.7. The molecule has 7 heteroatoms. The van der Waals surface area contributed by atoms with Crippen LogP contribution in [-0.2, 0) is 11.3 Å². The number of fused-ring (bicyclic) bond motifs is 1. The Bertz CT molecular complexity index is 780. The first-order chi connectivity index (χ1) is 11.2. The molecule has 0 aromatic carbocycles. The highest BCUT2D eigenvalue weighted by atomic mass is 32.1. The lowest BCUT2D eigenvalue weighted by Crippen LogP contribution is -2.40. The molecular weight excluding hydrogens is 312 g/mol. The molecule has 1 saturated carbocycles. The van der Waals surface area contributed by atoms with Crippen LogP contribution < -0.4 is 10.9 Å². The van der Waals surface area contributed by atoms with Crippen molar-refractivity contribution in [3.8, 4) is 0 Å². The van der Waals surface area contributed by atoms with E-state index in [0.29, 0.717) is 5.39 Å². The van der Waals surface area contributed by atoms with Gasteiger partial charge in [-0.05, 0) is 36.6 Å². The van der Waals surface area contributed by atoms with Crippen LogP contribution in [0.4, 0.5) is 0 Å². The van der Waals surface area contributed by atoms with E-state index in [0.717, 1.165) is 30.3 Å². The Morgan fingerprint density at radius 3 is 3.09 bits per heavy atom. The normalized spacial score (nSPS) is 21.8. The number of hydrogen-bond donors (Lipinski definition) is 1. The number of thiophene rings is 1. The second kappa shape index (κ2) is 6.05. The number of carbonyl (C=O) groups is 1. The Labute approximate surface area is 138 Å². The number of likely N-dealkylation sites (tertiary alicyclic amines) is 1. The van der Waals surface area contributed by atoms with E-state index in [9.17, 15) is 9.59 Å². The SMILES string of the molecule is O=C(Cn1cnc2sccc2c1=O)NC1CCN(CC2CC2)C1. The highest BCUT2D eigenvalue weighted by molar-refractivity contribution is 7.16. The largest absolute Gasteiger partial charge is 0.350 e. The summed E-state index contributed by atoms with van der Waals surface area (Å²) in [5.74, 6) is 0.771. The van der Waals surface area contributed by atoms with Gasteiger partial charge in [0.25, 0.3) is 5.56 Å². The fourth-order valence-corrected chi connectivity index (χ4v) is 3.94. The molecule has 4 rings (SSSR count). The van der Waals surface area contributed by atoms with Crippen molar-refractivity contribution in [2.24, 2.45) is 5.92 Å². The van der Waals surface area contributed by atoms with E-state index < -0.39 is 0 Å². The van der Waals surface area contributed by atoms with Gasteiger partial charge in [-0.3, -0.25) is 14.2 Å². The first kappa shape index (κ1) is 14.8. The van der Waals surface area contributed by atoms with E-state index >= 15 is 0 Å². The molecule has 1 N–H and O–H groups in total. The molecule has 1 aliphatic heterocycles. The summed E-state index contributed by atoms with van der Waals surface area (Å²) >= 11 is 1.43. The number of carbonyl (C=O) groups excluding carboxylic acids is 1. The van der Waals surface area contributed by atoms with Gasteiger partial charge in [0.1, 0.15) is 11.4 Å². The van der Waals surface area contributed by atoms with Gasteiger partial charge >= 0.3 is 0 Å². The molecule has 1 aliphatic carbocycles. The second-order valence-electron chi connectivity index (χ2n) is 6.57. The van der Waals surface area contributed by atoms with Gasteiger partial charge in [0.2, 0.25) is 5.91 Å². The van der Waals surface area contributed by atoms with Gasteiger partial charge in [0, 0.05) is 25.7 Å². The molecule has 2 aromatic heterocycles. The van der Waals surface area contributed by atoms with Crippen molar-refractivity contribution in [3.05, 3.63) is 28.1 Å². The number of aromatic nitrogens is 2. The van der Waals surface area contributed by atoms with Crippen LogP contribution in [0.15, 0.2) is 22.6 Å². The van der Waals surface area contributed by atoms with E-state index in [1.54, 1.807) is 6.07 Å². The average Bonchev–Trinajstić information content (AvgIpc) is 3.02. The zero-order chi connectivity index (χ0) is 15.8. The Morgan fingerprint density at radius 2 is 2.26 bits per heavy atom. The topological polar surface area (TPSA) is 67.2 Å². The van der Waals surface area contributed by atoms with Crippen LogP contribution in [0.25, 0.3) is 10.2 Å². The zero-order valence-electron chi connectivity index (χ0n) is 12.9. The number of rotatable bonds is 5. The molecule has 6 nitrogen and oxygen atoms in total. The van der Waals surface area contributed by atoms with Crippen LogP contribution in [0.5, 0.6) is 0 Å². The number of amides is 1. The standard InChI is InChI=1S/C16H20N4O2S/c21-14(18-12-3-5-19(8-12)7-11-1-2-11)9-20-10-17-15-13(16(20)22)4-6-23-15/h4,6,10-12H,1-3,5,7-9H2,(H,18,21). The third-order valence-electron chi connectivity index (χ3n) is 4.62. The maximum absolute atomic E-state index is 12.3. The van der Waals surface area contributed by atoms with E-state index in [4.69, 9.17) is 0 Å². The Balaban J connectivity index is 1.35. The van der Waals surface area contributed by atoms with Gasteiger partial charge in [-0.25, -0.2) is 4.98 Å². The number of nitrogens with one attached hydrogen (secondary N) is 1. The number of nitrogens with zero attached hydrogens (tertiary/aromatic N) is 3. The lowest BCUT2D eigenvalue weighted by molar-refractivity contribution is -0.122. The highest BCUT2D eigenvalue weighted by Crippen LogP contribution is 2.30. The minimum Gasteiger partial charge on any atom is -0.350 e. The van der Waals surface area contributed by atoms with Crippen molar-refractivity contribution in [1.82, 2.24) is 19.8 Å². The molecule has 1 amide bonds. The Morgan fingerprint density at radius 1 is 1.39 bits per heavy atom. The fourth-order valence-electron chi connectivity index (χ4n) is 3.22. The van der Waals surface area contributed by atoms with E-state index in [1.165, 1.54) is 41.6 Å². The lowest BCUT2D eigenvalue weighted by atomic mass is 10.2. The smallest absolute Gasteiger partial charge is 0.262 e. The fraction of sp³-hybridized carbons (Fsp3) is 0.562. The first-order valence-corrected chi connectivity index (χ1v) is 9.01. The van der Waals surface area contributed by atoms with Crippen LogP contribution in [0, 0.1) is 5.92 Å². The van der Waals surface area contributed by atoms with Gasteiger partial charge in [-0.15, -0.1) is 11.3 Å². The number of hydrogen-bond acceptors (Lipinski definition) is 5. The highest BCUT2D eigenvalue weighted by Gasteiger charge is 2.29. The molecule has 1 saturated heterocycles. The van der Waals surface area contributed by atoms with Crippen LogP contribution in [0.1, 0.15) is 19.3 Å². The van der Waals surface area contributed by atoms with Gasteiger partial charge in [-0.1, -0.05) is 0 Å². The summed E-state index contributed by atoms with van der Waals surface area (Å²) < 4.78 is 1.39. The molecule has 2 aliphatic rings. The maximum Gasteiger partial charge on any atom is 0.262 e. The predicted octanol–water partition coefficient (Wildman–Crippen LogP) is 1.06. The third-order valence-corrected chi connectivity index (χ3v) is 5.44. The van der Waals surface area contributed by atoms with E-state index in [-0.39, 0.29) is 24.1 Å². The summed E-state index contributed by atoms with van der Waals surface area (Å²) in [5, 5.41) is 5.48. The van der Waals surface area contributed by atoms with Gasteiger partial charge in [0.05, 0.1) is 11.7 Å². The van der Waals surface area contributed by atoms with E-state index in [1.807, 2.05) is 5.38 Å². The summed E-state index contributed by atoms with van der Waals surface area (Å²) in [7, 11) is 0. The van der Waals surface area contributed by atoms with Crippen molar-refractivity contribution >= 4 is 27.5 Å². The molecule has 2 fully saturated rings. The second-order valence-corrected chi connectivity index (χ2v) is 7.47. The lowest BCUT2D eigenvalue weighted by Gasteiger charge is -2.16. The minimum absolute atomic E-state index is 0.0384. The van der Waals surface area contributed by atoms with Crippen molar-refractivity contribution in [2.45, 2.75) is 31.8 Å². The molecule has 122 valence electrons.